The Hall–Kier alpha value is -1.69. The van der Waals surface area contributed by atoms with E-state index in [9.17, 15) is 9.59 Å². The maximum absolute atomic E-state index is 11.9. The predicted molar refractivity (Wildman–Crippen MR) is 65.4 cm³/mol. The van der Waals surface area contributed by atoms with Crippen LogP contribution in [-0.4, -0.2) is 38.1 Å². The fraction of sp³-hybridized carbons (Fsp3) is 0.364. The second-order valence-electron chi connectivity index (χ2n) is 4.25. The number of carboxylic acids is 1. The lowest BCUT2D eigenvalue weighted by Crippen LogP contribution is -2.35. The topological polar surface area (TPSA) is 62.5 Å². The summed E-state index contributed by atoms with van der Waals surface area (Å²) in [5.74, 6) is -0.771. The van der Waals surface area contributed by atoms with Crippen LogP contribution in [-0.2, 0) is 4.79 Å². The number of aliphatic carboxylic acids is 1. The van der Waals surface area contributed by atoms with Crippen LogP contribution in [0.25, 0.3) is 0 Å². The summed E-state index contributed by atoms with van der Waals surface area (Å²) >= 11 is 5.11. The minimum absolute atomic E-state index is 0.282. The van der Waals surface area contributed by atoms with Gasteiger partial charge < -0.3 is 5.11 Å². The van der Waals surface area contributed by atoms with E-state index >= 15 is 0 Å². The number of hydrogen-bond acceptors (Lipinski definition) is 3. The Kier molecular flexibility index (Phi) is 2.74. The number of aromatic nitrogens is 1. The molecule has 0 atom stereocenters. The fourth-order valence-electron chi connectivity index (χ4n) is 1.75. The normalized spacial score (nSPS) is 14.6. The van der Waals surface area contributed by atoms with E-state index in [2.05, 4.69) is 0 Å². The van der Waals surface area contributed by atoms with E-state index in [-0.39, 0.29) is 11.0 Å². The van der Waals surface area contributed by atoms with Crippen molar-refractivity contribution in [2.45, 2.75) is 19.8 Å². The first-order chi connectivity index (χ1) is 7.91. The Morgan fingerprint density at radius 3 is 2.65 bits per heavy atom. The Balaban J connectivity index is 2.36. The summed E-state index contributed by atoms with van der Waals surface area (Å²) in [5.41, 5.74) is 1.63. The maximum atomic E-state index is 11.9. The van der Waals surface area contributed by atoms with Crippen LogP contribution in [0.2, 0.25) is 0 Å². The molecule has 0 fully saturated rings. The van der Waals surface area contributed by atoms with Gasteiger partial charge in [0.2, 0.25) is 0 Å². The molecule has 0 radical (unpaired) electrons. The average Bonchev–Trinajstić information content (AvgIpc) is 2.75. The number of nitrogens with zero attached hydrogens (tertiary/aromatic N) is 2. The molecule has 0 spiro atoms. The molecule has 0 saturated heterocycles. The number of rotatable bonds is 3. The molecule has 0 unspecified atom stereocenters. The zero-order chi connectivity index (χ0) is 12.7. The van der Waals surface area contributed by atoms with E-state index in [1.807, 2.05) is 19.9 Å². The monoisotopic (exact) mass is 252 g/mol. The van der Waals surface area contributed by atoms with Gasteiger partial charge in [-0.15, -0.1) is 0 Å². The molecule has 0 aromatic carbocycles. The van der Waals surface area contributed by atoms with Crippen LogP contribution in [0.15, 0.2) is 12.3 Å². The van der Waals surface area contributed by atoms with Gasteiger partial charge in [-0.05, 0) is 17.5 Å². The molecular formula is C11H12N2O3S. The number of carbonyl (C=O) groups is 2. The van der Waals surface area contributed by atoms with Crippen molar-refractivity contribution in [3.63, 3.8) is 0 Å². The quantitative estimate of drug-likeness (QED) is 0.831. The predicted octanol–water partition coefficient (Wildman–Crippen LogP) is 1.66. The highest BCUT2D eigenvalue weighted by atomic mass is 32.1. The molecule has 2 heterocycles. The summed E-state index contributed by atoms with van der Waals surface area (Å²) in [6.07, 6.45) is 1.72. The van der Waals surface area contributed by atoms with Gasteiger partial charge in [-0.2, -0.15) is 0 Å². The smallest absolute Gasteiger partial charge is 0.334 e. The van der Waals surface area contributed by atoms with Gasteiger partial charge in [0.25, 0.3) is 0 Å². The third-order valence-corrected chi connectivity index (χ3v) is 3.13. The van der Waals surface area contributed by atoms with Gasteiger partial charge in [0.15, 0.2) is 0 Å². The van der Waals surface area contributed by atoms with Crippen LogP contribution in [0, 0.1) is 0 Å². The number of thiocarbonyl (C=S) groups is 1. The minimum atomic E-state index is -1.07. The summed E-state index contributed by atoms with van der Waals surface area (Å²) in [7, 11) is 0. The molecule has 1 N–H and O–H groups in total. The second-order valence-corrected chi connectivity index (χ2v) is 4.64. The minimum Gasteiger partial charge on any atom is -0.480 e. The lowest BCUT2D eigenvalue weighted by molar-refractivity contribution is -0.136. The lowest BCUT2D eigenvalue weighted by Gasteiger charge is -2.12. The highest BCUT2D eigenvalue weighted by Gasteiger charge is 2.34. The van der Waals surface area contributed by atoms with Crippen LogP contribution in [0.1, 0.15) is 31.0 Å². The molecule has 0 bridgehead atoms. The molecule has 2 rings (SSSR count). The number of carbonyl (C=O) groups excluding carboxylic acids is 1. The highest BCUT2D eigenvalue weighted by Crippen LogP contribution is 2.24. The van der Waals surface area contributed by atoms with E-state index in [4.69, 9.17) is 17.3 Å². The number of amides is 1. The Morgan fingerprint density at radius 2 is 2.18 bits per heavy atom. The number of carboxylic acid groups (broad SMARTS) is 1. The average molecular weight is 252 g/mol. The molecular weight excluding hydrogens is 240 g/mol. The molecule has 0 aliphatic carbocycles. The summed E-state index contributed by atoms with van der Waals surface area (Å²) in [4.78, 5) is 23.9. The van der Waals surface area contributed by atoms with Crippen molar-refractivity contribution in [1.29, 1.82) is 0 Å². The third kappa shape index (κ3) is 1.84. The third-order valence-electron chi connectivity index (χ3n) is 2.70. The molecule has 90 valence electrons. The molecule has 6 heteroatoms. The maximum Gasteiger partial charge on any atom is 0.334 e. The first kappa shape index (κ1) is 11.8. The van der Waals surface area contributed by atoms with E-state index < -0.39 is 12.5 Å². The van der Waals surface area contributed by atoms with Crippen molar-refractivity contribution in [3.8, 4) is 0 Å². The van der Waals surface area contributed by atoms with Gasteiger partial charge in [-0.25, -0.2) is 4.79 Å². The Bertz CT molecular complexity index is 485. The molecule has 5 nitrogen and oxygen atoms in total. The van der Waals surface area contributed by atoms with E-state index in [0.717, 1.165) is 10.5 Å². The molecule has 1 aliphatic rings. The zero-order valence-corrected chi connectivity index (χ0v) is 10.3. The molecule has 1 amide bonds. The van der Waals surface area contributed by atoms with Crippen molar-refractivity contribution >= 4 is 29.2 Å². The van der Waals surface area contributed by atoms with Gasteiger partial charge in [0.1, 0.15) is 11.5 Å². The Morgan fingerprint density at radius 1 is 1.53 bits per heavy atom. The molecule has 1 aromatic rings. The molecule has 0 saturated carbocycles. The van der Waals surface area contributed by atoms with Crippen LogP contribution >= 0.6 is 12.2 Å². The fourth-order valence-corrected chi connectivity index (χ4v) is 2.05. The van der Waals surface area contributed by atoms with E-state index in [0.29, 0.717) is 11.6 Å². The zero-order valence-electron chi connectivity index (χ0n) is 9.51. The summed E-state index contributed by atoms with van der Waals surface area (Å²) < 4.78 is 1.42. The van der Waals surface area contributed by atoms with Crippen molar-refractivity contribution in [2.24, 2.45) is 0 Å². The van der Waals surface area contributed by atoms with Gasteiger partial charge in [0, 0.05) is 6.20 Å². The van der Waals surface area contributed by atoms with Gasteiger partial charge in [0.05, 0.1) is 5.69 Å². The number of hydrogen-bond donors (Lipinski definition) is 1. The molecule has 1 aromatic heterocycles. The van der Waals surface area contributed by atoms with Gasteiger partial charge >= 0.3 is 12.0 Å². The Labute approximate surface area is 104 Å². The van der Waals surface area contributed by atoms with Gasteiger partial charge in [-0.1, -0.05) is 26.1 Å². The van der Waals surface area contributed by atoms with Crippen molar-refractivity contribution in [3.05, 3.63) is 23.5 Å². The van der Waals surface area contributed by atoms with E-state index in [1.165, 1.54) is 4.57 Å². The van der Waals surface area contributed by atoms with Crippen LogP contribution in [0.3, 0.4) is 0 Å². The largest absolute Gasteiger partial charge is 0.480 e. The first-order valence-electron chi connectivity index (χ1n) is 5.22. The standard InChI is InChI=1S/C11H12N2O3S/c1-6(2)7-3-8-10(17)13(5-9(14)15)11(16)12(8)4-7/h3-4,6H,5H2,1-2H3,(H,14,15). The van der Waals surface area contributed by atoms with E-state index in [1.54, 1.807) is 6.20 Å². The van der Waals surface area contributed by atoms with Crippen LogP contribution < -0.4 is 0 Å². The SMILES string of the molecule is CC(C)c1cc2n(c1)C(=O)N(CC(=O)O)C2=S. The van der Waals surface area contributed by atoms with Crippen molar-refractivity contribution in [1.82, 2.24) is 9.47 Å². The summed E-state index contributed by atoms with van der Waals surface area (Å²) in [5, 5.41) is 8.71. The summed E-state index contributed by atoms with van der Waals surface area (Å²) in [6, 6.07) is 1.45. The lowest BCUT2D eigenvalue weighted by atomic mass is 10.1. The molecule has 1 aliphatic heterocycles. The number of fused-ring (bicyclic) bond motifs is 1. The second kappa shape index (κ2) is 3.96. The van der Waals surface area contributed by atoms with Crippen LogP contribution in [0.4, 0.5) is 4.79 Å². The van der Waals surface area contributed by atoms with Crippen molar-refractivity contribution in [2.75, 3.05) is 6.54 Å². The highest BCUT2D eigenvalue weighted by molar-refractivity contribution is 7.80. The first-order valence-corrected chi connectivity index (χ1v) is 5.63. The molecule has 17 heavy (non-hydrogen) atoms. The van der Waals surface area contributed by atoms with Crippen molar-refractivity contribution < 1.29 is 14.7 Å². The van der Waals surface area contributed by atoms with Crippen LogP contribution in [0.5, 0.6) is 0 Å². The summed E-state index contributed by atoms with van der Waals surface area (Å²) in [6.45, 7) is 3.65. The van der Waals surface area contributed by atoms with Gasteiger partial charge in [-0.3, -0.25) is 14.3 Å².